The Kier molecular flexibility index (Phi) is 5.13. The summed E-state index contributed by atoms with van der Waals surface area (Å²) in [6.07, 6.45) is 1.06. The van der Waals surface area contributed by atoms with E-state index in [0.717, 1.165) is 12.5 Å². The van der Waals surface area contributed by atoms with Crippen molar-refractivity contribution in [1.82, 2.24) is 4.98 Å². The molecule has 0 spiro atoms. The van der Waals surface area contributed by atoms with Gasteiger partial charge in [-0.2, -0.15) is 0 Å². The monoisotopic (exact) mass is 323 g/mol. The van der Waals surface area contributed by atoms with Crippen LogP contribution in [0, 0.1) is 6.92 Å². The molecule has 0 atom stereocenters. The van der Waals surface area contributed by atoms with Crippen LogP contribution in [0.1, 0.15) is 47.1 Å². The van der Waals surface area contributed by atoms with Gasteiger partial charge in [-0.05, 0) is 25.8 Å². The minimum Gasteiger partial charge on any atom is -0.460 e. The minimum absolute atomic E-state index is 0.0159. The first-order chi connectivity index (χ1) is 10.8. The van der Waals surface area contributed by atoms with E-state index in [9.17, 15) is 13.6 Å². The highest BCUT2D eigenvalue weighted by atomic mass is 19.3. The summed E-state index contributed by atoms with van der Waals surface area (Å²) < 4.78 is 36.6. The molecule has 124 valence electrons. The van der Waals surface area contributed by atoms with Crippen molar-refractivity contribution in [3.63, 3.8) is 0 Å². The van der Waals surface area contributed by atoms with Crippen LogP contribution >= 0.6 is 0 Å². The lowest BCUT2D eigenvalue weighted by Gasteiger charge is -2.10. The largest absolute Gasteiger partial charge is 0.460 e. The number of alkyl halides is 2. The van der Waals surface area contributed by atoms with Crippen LogP contribution in [-0.2, 0) is 23.5 Å². The number of hydrogen-bond acceptors (Lipinski definition) is 4. The lowest BCUT2D eigenvalue weighted by Crippen LogP contribution is -2.06. The van der Waals surface area contributed by atoms with E-state index in [2.05, 4.69) is 4.98 Å². The Morgan fingerprint density at radius 2 is 1.91 bits per heavy atom. The summed E-state index contributed by atoms with van der Waals surface area (Å²) in [5, 5.41) is 0. The molecule has 0 aliphatic heterocycles. The summed E-state index contributed by atoms with van der Waals surface area (Å²) in [6.45, 7) is 4.53. The van der Waals surface area contributed by atoms with E-state index in [1.54, 1.807) is 26.0 Å². The number of rotatable bonds is 6. The zero-order chi connectivity index (χ0) is 17.0. The maximum absolute atomic E-state index is 13.2. The molecular weight excluding hydrogens is 304 g/mol. The predicted octanol–water partition coefficient (Wildman–Crippen LogP) is 4.06. The predicted molar refractivity (Wildman–Crippen MR) is 80.6 cm³/mol. The van der Waals surface area contributed by atoms with Crippen LogP contribution in [0.3, 0.4) is 0 Å². The van der Waals surface area contributed by atoms with E-state index in [4.69, 9.17) is 9.15 Å². The standard InChI is InChI=1S/C17H19F2NO3/c1-4-22-16(21)15-11(2)20-14(23-15)10-7-12-5-8-13(9-6-12)17(3,18)19/h5-6,8-9H,4,7,10H2,1-3H3. The molecule has 2 rings (SSSR count). The van der Waals surface area contributed by atoms with E-state index in [1.165, 1.54) is 12.1 Å². The van der Waals surface area contributed by atoms with Gasteiger partial charge in [0.05, 0.1) is 12.3 Å². The van der Waals surface area contributed by atoms with Crippen molar-refractivity contribution >= 4 is 5.97 Å². The zero-order valence-corrected chi connectivity index (χ0v) is 13.4. The summed E-state index contributed by atoms with van der Waals surface area (Å²) in [4.78, 5) is 15.9. The van der Waals surface area contributed by atoms with Gasteiger partial charge in [0.25, 0.3) is 5.92 Å². The number of oxazole rings is 1. The van der Waals surface area contributed by atoms with Gasteiger partial charge >= 0.3 is 5.97 Å². The van der Waals surface area contributed by atoms with Crippen molar-refractivity contribution in [2.75, 3.05) is 6.61 Å². The molecule has 1 aromatic heterocycles. The molecule has 2 aromatic rings. The third-order valence-electron chi connectivity index (χ3n) is 3.39. The van der Waals surface area contributed by atoms with E-state index < -0.39 is 11.9 Å². The number of benzene rings is 1. The first-order valence-electron chi connectivity index (χ1n) is 7.42. The number of carbonyl (C=O) groups is 1. The van der Waals surface area contributed by atoms with E-state index in [1.807, 2.05) is 0 Å². The second kappa shape index (κ2) is 6.89. The maximum atomic E-state index is 13.2. The molecule has 23 heavy (non-hydrogen) atoms. The van der Waals surface area contributed by atoms with Gasteiger partial charge in [0, 0.05) is 18.9 Å². The minimum atomic E-state index is -2.84. The highest BCUT2D eigenvalue weighted by molar-refractivity contribution is 5.87. The molecule has 1 heterocycles. The van der Waals surface area contributed by atoms with Crippen molar-refractivity contribution in [3.05, 3.63) is 52.7 Å². The summed E-state index contributed by atoms with van der Waals surface area (Å²) in [6, 6.07) is 6.16. The average Bonchev–Trinajstić information content (AvgIpc) is 2.86. The van der Waals surface area contributed by atoms with Crippen LogP contribution in [0.2, 0.25) is 0 Å². The lowest BCUT2D eigenvalue weighted by atomic mass is 10.0. The van der Waals surface area contributed by atoms with Crippen LogP contribution < -0.4 is 0 Å². The number of halogens is 2. The zero-order valence-electron chi connectivity index (χ0n) is 13.4. The fraction of sp³-hybridized carbons (Fsp3) is 0.412. The molecule has 0 saturated carbocycles. The fourth-order valence-electron chi connectivity index (χ4n) is 2.16. The Hall–Kier alpha value is -2.24. The van der Waals surface area contributed by atoms with Gasteiger partial charge in [0.2, 0.25) is 5.76 Å². The number of aromatic nitrogens is 1. The van der Waals surface area contributed by atoms with E-state index in [0.29, 0.717) is 24.4 Å². The van der Waals surface area contributed by atoms with Crippen LogP contribution in [0.25, 0.3) is 0 Å². The number of aryl methyl sites for hydroxylation is 3. The van der Waals surface area contributed by atoms with Gasteiger partial charge in [0.15, 0.2) is 5.89 Å². The Balaban J connectivity index is 2.01. The number of hydrogen-bond donors (Lipinski definition) is 0. The third-order valence-corrected chi connectivity index (χ3v) is 3.39. The quantitative estimate of drug-likeness (QED) is 0.752. The van der Waals surface area contributed by atoms with Gasteiger partial charge in [0.1, 0.15) is 0 Å². The molecule has 0 fully saturated rings. The van der Waals surface area contributed by atoms with Crippen molar-refractivity contribution in [2.45, 2.75) is 39.5 Å². The fourth-order valence-corrected chi connectivity index (χ4v) is 2.16. The van der Waals surface area contributed by atoms with Crippen molar-refractivity contribution in [2.24, 2.45) is 0 Å². The van der Waals surface area contributed by atoms with Crippen molar-refractivity contribution in [3.8, 4) is 0 Å². The molecule has 0 N–H and O–H groups in total. The molecule has 1 aromatic carbocycles. The first-order valence-corrected chi connectivity index (χ1v) is 7.42. The smallest absolute Gasteiger partial charge is 0.376 e. The van der Waals surface area contributed by atoms with Crippen molar-refractivity contribution in [1.29, 1.82) is 0 Å². The summed E-state index contributed by atoms with van der Waals surface area (Å²) in [5.41, 5.74) is 1.36. The number of esters is 1. The topological polar surface area (TPSA) is 52.3 Å². The molecular formula is C17H19F2NO3. The number of carbonyl (C=O) groups excluding carboxylic acids is 1. The van der Waals surface area contributed by atoms with Gasteiger partial charge < -0.3 is 9.15 Å². The number of nitrogens with zero attached hydrogens (tertiary/aromatic N) is 1. The van der Waals surface area contributed by atoms with Gasteiger partial charge in [-0.3, -0.25) is 0 Å². The summed E-state index contributed by atoms with van der Waals surface area (Å²) in [7, 11) is 0. The molecule has 0 radical (unpaired) electrons. The van der Waals surface area contributed by atoms with Crippen molar-refractivity contribution < 1.29 is 22.7 Å². The molecule has 4 nitrogen and oxygen atoms in total. The lowest BCUT2D eigenvalue weighted by molar-refractivity contribution is 0.0174. The molecule has 0 bridgehead atoms. The molecule has 0 saturated heterocycles. The first kappa shape index (κ1) is 17.1. The molecule has 6 heteroatoms. The van der Waals surface area contributed by atoms with Crippen LogP contribution in [0.5, 0.6) is 0 Å². The Morgan fingerprint density at radius 3 is 2.48 bits per heavy atom. The van der Waals surface area contributed by atoms with Crippen LogP contribution in [-0.4, -0.2) is 17.6 Å². The Morgan fingerprint density at radius 1 is 1.26 bits per heavy atom. The van der Waals surface area contributed by atoms with E-state index in [-0.39, 0.29) is 17.9 Å². The van der Waals surface area contributed by atoms with Gasteiger partial charge in [-0.1, -0.05) is 24.3 Å². The molecule has 0 unspecified atom stereocenters. The average molecular weight is 323 g/mol. The second-order valence-electron chi connectivity index (χ2n) is 5.33. The van der Waals surface area contributed by atoms with Gasteiger partial charge in [-0.25, -0.2) is 18.6 Å². The maximum Gasteiger partial charge on any atom is 0.376 e. The van der Waals surface area contributed by atoms with Crippen LogP contribution in [0.4, 0.5) is 8.78 Å². The van der Waals surface area contributed by atoms with E-state index >= 15 is 0 Å². The van der Waals surface area contributed by atoms with Crippen LogP contribution in [0.15, 0.2) is 28.7 Å². The highest BCUT2D eigenvalue weighted by Crippen LogP contribution is 2.27. The summed E-state index contributed by atoms with van der Waals surface area (Å²) in [5.74, 6) is -2.83. The molecule has 0 aliphatic rings. The Labute approximate surface area is 133 Å². The normalized spacial score (nSPS) is 11.5. The SMILES string of the molecule is CCOC(=O)c1oc(CCc2ccc(C(C)(F)F)cc2)nc1C. The molecule has 0 aliphatic carbocycles. The third kappa shape index (κ3) is 4.37. The number of ether oxygens (including phenoxy) is 1. The Bertz CT molecular complexity index is 672. The highest BCUT2D eigenvalue weighted by Gasteiger charge is 2.23. The molecule has 0 amide bonds. The van der Waals surface area contributed by atoms with Gasteiger partial charge in [-0.15, -0.1) is 0 Å². The summed E-state index contributed by atoms with van der Waals surface area (Å²) >= 11 is 0. The second-order valence-corrected chi connectivity index (χ2v) is 5.33.